The minimum absolute atomic E-state index is 0.271. The Morgan fingerprint density at radius 2 is 1.94 bits per heavy atom. The molecule has 1 N–H and O–H groups in total. The number of nitrogens with one attached hydrogen (secondary N) is 1. The third-order valence-electron chi connectivity index (χ3n) is 3.66. The van der Waals surface area contributed by atoms with E-state index in [4.69, 9.17) is 4.74 Å². The molecule has 1 atom stereocenters. The normalized spacial score (nSPS) is 27.5. The van der Waals surface area contributed by atoms with E-state index < -0.39 is 0 Å². The van der Waals surface area contributed by atoms with Crippen molar-refractivity contribution in [3.05, 3.63) is 11.3 Å². The molecule has 1 unspecified atom stereocenters. The summed E-state index contributed by atoms with van der Waals surface area (Å²) in [4.78, 5) is 0. The van der Waals surface area contributed by atoms with Crippen LogP contribution in [0.25, 0.3) is 0 Å². The highest BCUT2D eigenvalue weighted by molar-refractivity contribution is 5.20. The Morgan fingerprint density at radius 1 is 1.24 bits per heavy atom. The lowest BCUT2D eigenvalue weighted by molar-refractivity contribution is 0.0837. The molecular weight excluding hydrogens is 210 g/mol. The van der Waals surface area contributed by atoms with Crippen molar-refractivity contribution in [2.75, 3.05) is 13.7 Å². The summed E-state index contributed by atoms with van der Waals surface area (Å²) in [7, 11) is 1.85. The van der Waals surface area contributed by atoms with Crippen LogP contribution < -0.4 is 5.32 Å². The molecule has 0 bridgehead atoms. The van der Waals surface area contributed by atoms with Crippen LogP contribution in [0, 0.1) is 5.41 Å². The Hall–Kier alpha value is -0.500. The summed E-state index contributed by atoms with van der Waals surface area (Å²) in [6, 6.07) is 0. The smallest absolute Gasteiger partial charge is 0.0574 e. The van der Waals surface area contributed by atoms with Gasteiger partial charge in [-0.2, -0.15) is 0 Å². The summed E-state index contributed by atoms with van der Waals surface area (Å²) in [5.41, 5.74) is 3.36. The topological polar surface area (TPSA) is 21.3 Å². The van der Waals surface area contributed by atoms with Crippen molar-refractivity contribution >= 4 is 0 Å². The molecule has 0 heterocycles. The van der Waals surface area contributed by atoms with Crippen LogP contribution >= 0.6 is 0 Å². The van der Waals surface area contributed by atoms with Crippen molar-refractivity contribution in [3.63, 3.8) is 0 Å². The van der Waals surface area contributed by atoms with Gasteiger partial charge in [0.15, 0.2) is 0 Å². The Bertz CT molecular complexity index is 263. The van der Waals surface area contributed by atoms with E-state index in [1.54, 1.807) is 5.57 Å². The van der Waals surface area contributed by atoms with Gasteiger partial charge in [-0.15, -0.1) is 0 Å². The van der Waals surface area contributed by atoms with Crippen LogP contribution in [0.1, 0.15) is 59.8 Å². The molecule has 2 heteroatoms. The molecule has 1 aliphatic carbocycles. The lowest BCUT2D eigenvalue weighted by Crippen LogP contribution is -2.25. The first kappa shape index (κ1) is 14.6. The van der Waals surface area contributed by atoms with Crippen LogP contribution in [-0.2, 0) is 4.74 Å². The highest BCUT2D eigenvalue weighted by Gasteiger charge is 2.24. The van der Waals surface area contributed by atoms with Gasteiger partial charge in [0.1, 0.15) is 0 Å². The summed E-state index contributed by atoms with van der Waals surface area (Å²) >= 11 is 0. The fourth-order valence-corrected chi connectivity index (χ4v) is 2.73. The Balaban J connectivity index is 2.88. The van der Waals surface area contributed by atoms with Gasteiger partial charge in [-0.25, -0.2) is 0 Å². The quantitative estimate of drug-likeness (QED) is 0.807. The van der Waals surface area contributed by atoms with Gasteiger partial charge >= 0.3 is 0 Å². The van der Waals surface area contributed by atoms with E-state index in [9.17, 15) is 0 Å². The zero-order valence-corrected chi connectivity index (χ0v) is 12.2. The molecule has 0 fully saturated rings. The van der Waals surface area contributed by atoms with Crippen LogP contribution in [0.15, 0.2) is 11.3 Å². The summed E-state index contributed by atoms with van der Waals surface area (Å²) in [5.74, 6) is 0. The first-order valence-corrected chi connectivity index (χ1v) is 6.98. The number of rotatable bonds is 3. The van der Waals surface area contributed by atoms with Crippen molar-refractivity contribution < 1.29 is 4.74 Å². The molecule has 0 saturated heterocycles. The fraction of sp³-hybridized carbons (Fsp3) is 0.867. The van der Waals surface area contributed by atoms with Crippen LogP contribution in [0.2, 0.25) is 0 Å². The molecule has 0 aliphatic heterocycles. The molecule has 0 aromatic carbocycles. The number of hydrogen-bond donors (Lipinski definition) is 1. The van der Waals surface area contributed by atoms with Crippen molar-refractivity contribution in [3.8, 4) is 0 Å². The average molecular weight is 239 g/mol. The van der Waals surface area contributed by atoms with Gasteiger partial charge in [0, 0.05) is 19.4 Å². The number of ether oxygens (including phenoxy) is 1. The molecule has 1 rings (SSSR count). The van der Waals surface area contributed by atoms with Crippen molar-refractivity contribution in [1.29, 1.82) is 0 Å². The Morgan fingerprint density at radius 3 is 2.47 bits per heavy atom. The molecule has 0 spiro atoms. The predicted octanol–water partition coefficient (Wildman–Crippen LogP) is 3.88. The van der Waals surface area contributed by atoms with Crippen LogP contribution in [0.5, 0.6) is 0 Å². The SMILES string of the molecule is CCN/C1=C(\C(C)(C)C)CCC(OC)CCC1. The molecule has 0 aromatic rings. The van der Waals surface area contributed by atoms with E-state index in [1.807, 2.05) is 7.11 Å². The average Bonchev–Trinajstić information content (AvgIpc) is 2.20. The van der Waals surface area contributed by atoms with Gasteiger partial charge in [0.2, 0.25) is 0 Å². The fourth-order valence-electron chi connectivity index (χ4n) is 2.73. The summed E-state index contributed by atoms with van der Waals surface area (Å²) in [5, 5.41) is 3.58. The predicted molar refractivity (Wildman–Crippen MR) is 74.0 cm³/mol. The second kappa shape index (κ2) is 6.44. The number of methoxy groups -OCH3 is 1. The molecule has 17 heavy (non-hydrogen) atoms. The molecule has 100 valence electrons. The third-order valence-corrected chi connectivity index (χ3v) is 3.66. The minimum Gasteiger partial charge on any atom is -0.389 e. The first-order valence-electron chi connectivity index (χ1n) is 6.98. The first-order chi connectivity index (χ1) is 7.99. The second-order valence-corrected chi connectivity index (χ2v) is 6.03. The van der Waals surface area contributed by atoms with E-state index in [1.165, 1.54) is 31.4 Å². The lowest BCUT2D eigenvalue weighted by Gasteiger charge is -2.31. The highest BCUT2D eigenvalue weighted by Crippen LogP contribution is 2.35. The molecule has 0 saturated carbocycles. The van der Waals surface area contributed by atoms with Crippen LogP contribution in [0.3, 0.4) is 0 Å². The maximum absolute atomic E-state index is 5.54. The van der Waals surface area contributed by atoms with E-state index in [0.717, 1.165) is 13.0 Å². The van der Waals surface area contributed by atoms with Crippen LogP contribution in [0.4, 0.5) is 0 Å². The maximum Gasteiger partial charge on any atom is 0.0574 e. The summed E-state index contributed by atoms with van der Waals surface area (Å²) < 4.78 is 5.54. The van der Waals surface area contributed by atoms with Gasteiger partial charge in [-0.1, -0.05) is 20.8 Å². The Kier molecular flexibility index (Phi) is 5.51. The Labute approximate surface area is 107 Å². The van der Waals surface area contributed by atoms with Gasteiger partial charge in [-0.3, -0.25) is 0 Å². The van der Waals surface area contributed by atoms with Crippen molar-refractivity contribution in [2.24, 2.45) is 5.41 Å². The highest BCUT2D eigenvalue weighted by atomic mass is 16.5. The molecular formula is C15H29NO. The molecule has 0 amide bonds. The van der Waals surface area contributed by atoms with E-state index in [2.05, 4.69) is 33.0 Å². The molecule has 0 radical (unpaired) electrons. The molecule has 2 nitrogen and oxygen atoms in total. The van der Waals surface area contributed by atoms with E-state index in [-0.39, 0.29) is 5.41 Å². The molecule has 0 aromatic heterocycles. The zero-order chi connectivity index (χ0) is 12.9. The van der Waals surface area contributed by atoms with Gasteiger partial charge in [-0.05, 0) is 50.0 Å². The summed E-state index contributed by atoms with van der Waals surface area (Å²) in [6.07, 6.45) is 6.40. The van der Waals surface area contributed by atoms with Crippen molar-refractivity contribution in [1.82, 2.24) is 5.32 Å². The van der Waals surface area contributed by atoms with Gasteiger partial charge < -0.3 is 10.1 Å². The van der Waals surface area contributed by atoms with Crippen LogP contribution in [-0.4, -0.2) is 19.8 Å². The van der Waals surface area contributed by atoms with E-state index >= 15 is 0 Å². The lowest BCUT2D eigenvalue weighted by atomic mass is 9.79. The zero-order valence-electron chi connectivity index (χ0n) is 12.2. The maximum atomic E-state index is 5.54. The monoisotopic (exact) mass is 239 g/mol. The third kappa shape index (κ3) is 4.34. The van der Waals surface area contributed by atoms with Gasteiger partial charge in [0.05, 0.1) is 6.10 Å². The largest absolute Gasteiger partial charge is 0.389 e. The minimum atomic E-state index is 0.271. The summed E-state index contributed by atoms with van der Waals surface area (Å²) in [6.45, 7) is 10.2. The van der Waals surface area contributed by atoms with Crippen molar-refractivity contribution in [2.45, 2.75) is 65.9 Å². The second-order valence-electron chi connectivity index (χ2n) is 6.03. The number of hydrogen-bond acceptors (Lipinski definition) is 2. The number of allylic oxidation sites excluding steroid dienone is 2. The standard InChI is InChI=1S/C15H29NO/c1-6-16-14-9-7-8-12(17-5)10-11-13(14)15(2,3)4/h12,16H,6-11H2,1-5H3/b14-13-. The van der Waals surface area contributed by atoms with E-state index in [0.29, 0.717) is 6.10 Å². The van der Waals surface area contributed by atoms with Gasteiger partial charge in [0.25, 0.3) is 0 Å². The molecule has 1 aliphatic rings.